The zero-order valence-electron chi connectivity index (χ0n) is 14.4. The van der Waals surface area contributed by atoms with Crippen LogP contribution in [-0.2, 0) is 0 Å². The van der Waals surface area contributed by atoms with Crippen molar-refractivity contribution in [3.63, 3.8) is 0 Å². The monoisotopic (exact) mass is 346 g/mol. The van der Waals surface area contributed by atoms with Gasteiger partial charge in [-0.05, 0) is 43.7 Å². The van der Waals surface area contributed by atoms with Crippen LogP contribution in [0.1, 0.15) is 49.4 Å². The first-order valence-electron chi connectivity index (χ1n) is 8.10. The Bertz CT molecular complexity index is 429. The molecule has 1 saturated heterocycles. The second-order valence-corrected chi connectivity index (χ2v) is 6.63. The van der Waals surface area contributed by atoms with E-state index >= 15 is 0 Å². The van der Waals surface area contributed by atoms with Crippen LogP contribution < -0.4 is 5.32 Å². The summed E-state index contributed by atoms with van der Waals surface area (Å²) in [6.45, 7) is 13.7. The average molecular weight is 347 g/mol. The summed E-state index contributed by atoms with van der Waals surface area (Å²) in [6, 6.07) is 7.56. The standard InChI is InChI=1S/C18H30N2.2ClH/c1-14(2)5-8-18(20-11-9-19-10-12-20)17-7-6-15(3)13-16(17)4;;/h6-7,13-14,18-19H,5,8-12H2,1-4H3;2*1H/t18-;;/m0../s1. The highest BCUT2D eigenvalue weighted by Gasteiger charge is 2.23. The highest BCUT2D eigenvalue weighted by molar-refractivity contribution is 5.85. The number of hydrogen-bond donors (Lipinski definition) is 1. The van der Waals surface area contributed by atoms with Gasteiger partial charge in [-0.15, -0.1) is 24.8 Å². The Kier molecular flexibility index (Phi) is 10.4. The molecule has 1 aromatic carbocycles. The molecule has 0 radical (unpaired) electrons. The largest absolute Gasteiger partial charge is 0.314 e. The Morgan fingerprint density at radius 3 is 2.23 bits per heavy atom. The van der Waals surface area contributed by atoms with Gasteiger partial charge in [0.05, 0.1) is 0 Å². The van der Waals surface area contributed by atoms with Crippen molar-refractivity contribution < 1.29 is 0 Å². The number of rotatable bonds is 5. The molecule has 1 aromatic rings. The number of halogens is 2. The smallest absolute Gasteiger partial charge is 0.0351 e. The van der Waals surface area contributed by atoms with E-state index in [1.165, 1.54) is 42.6 Å². The van der Waals surface area contributed by atoms with Crippen LogP contribution in [0.2, 0.25) is 0 Å². The summed E-state index contributed by atoms with van der Waals surface area (Å²) in [6.07, 6.45) is 2.59. The summed E-state index contributed by atoms with van der Waals surface area (Å²) >= 11 is 0. The zero-order valence-corrected chi connectivity index (χ0v) is 16.0. The minimum atomic E-state index is 0. The highest BCUT2D eigenvalue weighted by Crippen LogP contribution is 2.30. The maximum absolute atomic E-state index is 3.47. The third-order valence-corrected chi connectivity index (χ3v) is 4.39. The average Bonchev–Trinajstić information content (AvgIpc) is 2.42. The molecule has 4 heteroatoms. The van der Waals surface area contributed by atoms with E-state index in [2.05, 4.69) is 56.1 Å². The van der Waals surface area contributed by atoms with Crippen molar-refractivity contribution in [2.45, 2.75) is 46.6 Å². The molecular weight excluding hydrogens is 315 g/mol. The van der Waals surface area contributed by atoms with E-state index in [4.69, 9.17) is 0 Å². The molecule has 1 heterocycles. The lowest BCUT2D eigenvalue weighted by atomic mass is 9.92. The first kappa shape index (κ1) is 21.7. The van der Waals surface area contributed by atoms with E-state index in [1.54, 1.807) is 0 Å². The number of hydrogen-bond acceptors (Lipinski definition) is 2. The van der Waals surface area contributed by atoms with Crippen LogP contribution in [0.25, 0.3) is 0 Å². The van der Waals surface area contributed by atoms with Crippen molar-refractivity contribution in [2.75, 3.05) is 26.2 Å². The van der Waals surface area contributed by atoms with Crippen LogP contribution in [-0.4, -0.2) is 31.1 Å². The maximum atomic E-state index is 3.47. The fraction of sp³-hybridized carbons (Fsp3) is 0.667. The summed E-state index contributed by atoms with van der Waals surface area (Å²) in [5, 5.41) is 3.47. The van der Waals surface area contributed by atoms with Crippen molar-refractivity contribution >= 4 is 24.8 Å². The molecule has 2 nitrogen and oxygen atoms in total. The number of piperazine rings is 1. The lowest BCUT2D eigenvalue weighted by Crippen LogP contribution is -2.45. The van der Waals surface area contributed by atoms with Gasteiger partial charge >= 0.3 is 0 Å². The maximum Gasteiger partial charge on any atom is 0.0351 e. The molecule has 0 bridgehead atoms. The minimum absolute atomic E-state index is 0. The van der Waals surface area contributed by atoms with E-state index in [0.717, 1.165) is 19.0 Å². The van der Waals surface area contributed by atoms with Gasteiger partial charge in [0.1, 0.15) is 0 Å². The fourth-order valence-corrected chi connectivity index (χ4v) is 3.22. The van der Waals surface area contributed by atoms with Gasteiger partial charge < -0.3 is 5.32 Å². The Labute approximate surface area is 148 Å². The second kappa shape index (κ2) is 10.5. The number of nitrogens with one attached hydrogen (secondary N) is 1. The molecule has 1 atom stereocenters. The molecule has 0 spiro atoms. The Morgan fingerprint density at radius 2 is 1.68 bits per heavy atom. The Hall–Kier alpha value is -0.280. The zero-order chi connectivity index (χ0) is 14.5. The van der Waals surface area contributed by atoms with Gasteiger partial charge in [0, 0.05) is 32.2 Å². The SMILES string of the molecule is Cc1ccc([C@H](CCC(C)C)N2CCNCC2)c(C)c1.Cl.Cl. The lowest BCUT2D eigenvalue weighted by molar-refractivity contribution is 0.159. The molecular formula is C18H32Cl2N2. The van der Waals surface area contributed by atoms with Crippen LogP contribution in [0, 0.1) is 19.8 Å². The molecule has 0 amide bonds. The summed E-state index contributed by atoms with van der Waals surface area (Å²) in [7, 11) is 0. The van der Waals surface area contributed by atoms with Crippen LogP contribution in [0.4, 0.5) is 0 Å². The Balaban J connectivity index is 0.00000220. The lowest BCUT2D eigenvalue weighted by Gasteiger charge is -2.36. The fourth-order valence-electron chi connectivity index (χ4n) is 3.22. The normalized spacial score (nSPS) is 16.8. The van der Waals surface area contributed by atoms with Gasteiger partial charge in [0.2, 0.25) is 0 Å². The van der Waals surface area contributed by atoms with Gasteiger partial charge in [0.15, 0.2) is 0 Å². The number of benzene rings is 1. The summed E-state index contributed by atoms with van der Waals surface area (Å²) < 4.78 is 0. The summed E-state index contributed by atoms with van der Waals surface area (Å²) in [5.41, 5.74) is 4.37. The van der Waals surface area contributed by atoms with E-state index in [9.17, 15) is 0 Å². The quantitative estimate of drug-likeness (QED) is 0.842. The van der Waals surface area contributed by atoms with E-state index in [-0.39, 0.29) is 24.8 Å². The van der Waals surface area contributed by atoms with Gasteiger partial charge in [0.25, 0.3) is 0 Å². The molecule has 128 valence electrons. The van der Waals surface area contributed by atoms with Crippen LogP contribution >= 0.6 is 24.8 Å². The molecule has 0 aromatic heterocycles. The third kappa shape index (κ3) is 6.08. The highest BCUT2D eigenvalue weighted by atomic mass is 35.5. The van der Waals surface area contributed by atoms with Crippen molar-refractivity contribution in [3.05, 3.63) is 34.9 Å². The van der Waals surface area contributed by atoms with Crippen molar-refractivity contribution in [1.29, 1.82) is 0 Å². The van der Waals surface area contributed by atoms with E-state index < -0.39 is 0 Å². The van der Waals surface area contributed by atoms with Gasteiger partial charge in [-0.1, -0.05) is 37.6 Å². The van der Waals surface area contributed by atoms with Gasteiger partial charge in [-0.25, -0.2) is 0 Å². The number of nitrogens with zero attached hydrogens (tertiary/aromatic N) is 1. The second-order valence-electron chi connectivity index (χ2n) is 6.63. The molecule has 22 heavy (non-hydrogen) atoms. The molecule has 1 aliphatic rings. The molecule has 1 N–H and O–H groups in total. The minimum Gasteiger partial charge on any atom is -0.314 e. The van der Waals surface area contributed by atoms with Crippen molar-refractivity contribution in [2.24, 2.45) is 5.92 Å². The third-order valence-electron chi connectivity index (χ3n) is 4.39. The molecule has 1 fully saturated rings. The molecule has 0 aliphatic carbocycles. The summed E-state index contributed by atoms with van der Waals surface area (Å²) in [5.74, 6) is 0.783. The number of aryl methyl sites for hydroxylation is 2. The first-order chi connectivity index (χ1) is 9.58. The molecule has 2 rings (SSSR count). The van der Waals surface area contributed by atoms with Gasteiger partial charge in [-0.3, -0.25) is 4.90 Å². The molecule has 0 saturated carbocycles. The van der Waals surface area contributed by atoms with Crippen molar-refractivity contribution in [3.8, 4) is 0 Å². The van der Waals surface area contributed by atoms with Crippen molar-refractivity contribution in [1.82, 2.24) is 10.2 Å². The van der Waals surface area contributed by atoms with Crippen LogP contribution in [0.5, 0.6) is 0 Å². The van der Waals surface area contributed by atoms with E-state index in [1.807, 2.05) is 0 Å². The Morgan fingerprint density at radius 1 is 1.05 bits per heavy atom. The van der Waals surface area contributed by atoms with Crippen LogP contribution in [0.15, 0.2) is 18.2 Å². The predicted octanol–water partition coefficient (Wildman–Crippen LogP) is 4.53. The first-order valence-corrected chi connectivity index (χ1v) is 8.10. The van der Waals surface area contributed by atoms with Crippen LogP contribution in [0.3, 0.4) is 0 Å². The topological polar surface area (TPSA) is 15.3 Å². The molecule has 0 unspecified atom stereocenters. The van der Waals surface area contributed by atoms with Gasteiger partial charge in [-0.2, -0.15) is 0 Å². The van der Waals surface area contributed by atoms with E-state index in [0.29, 0.717) is 6.04 Å². The summed E-state index contributed by atoms with van der Waals surface area (Å²) in [4.78, 5) is 2.68. The molecule has 1 aliphatic heterocycles. The predicted molar refractivity (Wildman–Crippen MR) is 102 cm³/mol.